The molecule has 2 aliphatic heterocycles. The average molecular weight is 154 g/mol. The molecular weight excluding hydrogens is 136 g/mol. The van der Waals surface area contributed by atoms with Crippen molar-refractivity contribution < 1.29 is 0 Å². The molecule has 2 rings (SSSR count). The molecule has 2 saturated heterocycles. The van der Waals surface area contributed by atoms with Crippen LogP contribution in [0.4, 0.5) is 0 Å². The molecule has 0 unspecified atom stereocenters. The number of rotatable bonds is 1. The van der Waals surface area contributed by atoms with Crippen LogP contribution in [0.1, 0.15) is 25.7 Å². The van der Waals surface area contributed by atoms with Gasteiger partial charge in [-0.05, 0) is 45.3 Å². The molecule has 11 heavy (non-hydrogen) atoms. The first-order valence-electron chi connectivity index (χ1n) is 4.91. The summed E-state index contributed by atoms with van der Waals surface area (Å²) in [7, 11) is 0. The van der Waals surface area contributed by atoms with Crippen molar-refractivity contribution >= 4 is 0 Å². The Bertz CT molecular complexity index is 113. The molecule has 1 atom stereocenters. The minimum Gasteiger partial charge on any atom is -0.315 e. The molecule has 64 valence electrons. The van der Waals surface area contributed by atoms with Gasteiger partial charge in [0.1, 0.15) is 0 Å². The molecule has 0 amide bonds. The van der Waals surface area contributed by atoms with Crippen molar-refractivity contribution in [3.63, 3.8) is 0 Å². The van der Waals surface area contributed by atoms with Crippen LogP contribution >= 0.6 is 0 Å². The summed E-state index contributed by atoms with van der Waals surface area (Å²) >= 11 is 0. The van der Waals surface area contributed by atoms with Crippen molar-refractivity contribution in [2.45, 2.75) is 31.7 Å². The molecule has 2 nitrogen and oxygen atoms in total. The number of piperidine rings is 1. The molecule has 2 heteroatoms. The van der Waals surface area contributed by atoms with Crippen molar-refractivity contribution in [2.24, 2.45) is 0 Å². The number of likely N-dealkylation sites (tertiary alicyclic amines) is 1. The van der Waals surface area contributed by atoms with E-state index < -0.39 is 0 Å². The first-order chi connectivity index (χ1) is 5.47. The van der Waals surface area contributed by atoms with Gasteiger partial charge in [-0.15, -0.1) is 0 Å². The quantitative estimate of drug-likeness (QED) is 0.602. The highest BCUT2D eigenvalue weighted by Gasteiger charge is 2.22. The zero-order valence-corrected chi connectivity index (χ0v) is 7.18. The van der Waals surface area contributed by atoms with E-state index in [-0.39, 0.29) is 0 Å². The van der Waals surface area contributed by atoms with Crippen molar-refractivity contribution in [3.8, 4) is 0 Å². The van der Waals surface area contributed by atoms with Crippen LogP contribution in [0.5, 0.6) is 0 Å². The van der Waals surface area contributed by atoms with Gasteiger partial charge in [0.05, 0.1) is 0 Å². The summed E-state index contributed by atoms with van der Waals surface area (Å²) < 4.78 is 0. The maximum absolute atomic E-state index is 3.47. The van der Waals surface area contributed by atoms with Crippen LogP contribution in [-0.4, -0.2) is 37.1 Å². The van der Waals surface area contributed by atoms with E-state index in [1.54, 1.807) is 0 Å². The third kappa shape index (κ3) is 1.74. The van der Waals surface area contributed by atoms with Gasteiger partial charge in [0, 0.05) is 12.6 Å². The Kier molecular flexibility index (Phi) is 2.44. The Hall–Kier alpha value is -0.0800. The fourth-order valence-electron chi connectivity index (χ4n) is 2.25. The Labute approximate surface area is 69.0 Å². The SMILES string of the molecule is C1CNC[C@H](N2CCCC2)C1. The third-order valence-electron chi connectivity index (χ3n) is 2.93. The predicted octanol–water partition coefficient (Wildman–Crippen LogP) is 0.834. The van der Waals surface area contributed by atoms with Crippen LogP contribution in [0.25, 0.3) is 0 Å². The first kappa shape index (κ1) is 7.56. The number of nitrogens with one attached hydrogen (secondary N) is 1. The lowest BCUT2D eigenvalue weighted by Crippen LogP contribution is -2.44. The summed E-state index contributed by atoms with van der Waals surface area (Å²) in [6, 6.07) is 0.867. The monoisotopic (exact) mass is 154 g/mol. The highest BCUT2D eigenvalue weighted by atomic mass is 15.2. The highest BCUT2D eigenvalue weighted by molar-refractivity contribution is 4.80. The van der Waals surface area contributed by atoms with Crippen LogP contribution < -0.4 is 5.32 Å². The summed E-state index contributed by atoms with van der Waals surface area (Å²) in [6.45, 7) is 5.18. The molecule has 2 aliphatic rings. The molecule has 0 radical (unpaired) electrons. The first-order valence-corrected chi connectivity index (χ1v) is 4.91. The van der Waals surface area contributed by atoms with Gasteiger partial charge in [-0.25, -0.2) is 0 Å². The lowest BCUT2D eigenvalue weighted by Gasteiger charge is -2.31. The number of nitrogens with zero attached hydrogens (tertiary/aromatic N) is 1. The molecular formula is C9H18N2. The van der Waals surface area contributed by atoms with E-state index in [1.807, 2.05) is 0 Å². The lowest BCUT2D eigenvalue weighted by molar-refractivity contribution is 0.203. The largest absolute Gasteiger partial charge is 0.315 e. The molecule has 0 spiro atoms. The Morgan fingerprint density at radius 1 is 1.09 bits per heavy atom. The van der Waals surface area contributed by atoms with E-state index in [1.165, 1.54) is 51.9 Å². The summed E-state index contributed by atoms with van der Waals surface area (Å²) in [5.74, 6) is 0. The predicted molar refractivity (Wildman–Crippen MR) is 46.7 cm³/mol. The molecule has 0 aromatic carbocycles. The molecule has 2 heterocycles. The molecule has 0 saturated carbocycles. The summed E-state index contributed by atoms with van der Waals surface area (Å²) in [6.07, 6.45) is 5.65. The third-order valence-corrected chi connectivity index (χ3v) is 2.93. The van der Waals surface area contributed by atoms with E-state index in [0.717, 1.165) is 6.04 Å². The zero-order valence-electron chi connectivity index (χ0n) is 7.18. The van der Waals surface area contributed by atoms with E-state index in [0.29, 0.717) is 0 Å². The van der Waals surface area contributed by atoms with Gasteiger partial charge >= 0.3 is 0 Å². The maximum Gasteiger partial charge on any atom is 0.0221 e. The highest BCUT2D eigenvalue weighted by Crippen LogP contribution is 2.16. The van der Waals surface area contributed by atoms with Gasteiger partial charge in [-0.2, -0.15) is 0 Å². The van der Waals surface area contributed by atoms with Crippen LogP contribution in [0, 0.1) is 0 Å². The second kappa shape index (κ2) is 3.55. The summed E-state index contributed by atoms with van der Waals surface area (Å²) in [5.41, 5.74) is 0. The normalized spacial score (nSPS) is 34.4. The van der Waals surface area contributed by atoms with Crippen LogP contribution in [0.15, 0.2) is 0 Å². The fraction of sp³-hybridized carbons (Fsp3) is 1.00. The Balaban J connectivity index is 1.82. The average Bonchev–Trinajstić information content (AvgIpc) is 2.58. The summed E-state index contributed by atoms with van der Waals surface area (Å²) in [4.78, 5) is 2.66. The lowest BCUT2D eigenvalue weighted by atomic mass is 10.1. The van der Waals surface area contributed by atoms with Gasteiger partial charge in [0.15, 0.2) is 0 Å². The molecule has 0 aliphatic carbocycles. The Morgan fingerprint density at radius 3 is 2.55 bits per heavy atom. The second-order valence-electron chi connectivity index (χ2n) is 3.74. The summed E-state index contributed by atoms with van der Waals surface area (Å²) in [5, 5.41) is 3.47. The molecule has 0 aromatic rings. The van der Waals surface area contributed by atoms with Crippen LogP contribution in [0.2, 0.25) is 0 Å². The minimum absolute atomic E-state index is 0.867. The molecule has 2 fully saturated rings. The molecule has 0 bridgehead atoms. The number of hydrogen-bond donors (Lipinski definition) is 1. The van der Waals surface area contributed by atoms with Gasteiger partial charge in [0.2, 0.25) is 0 Å². The molecule has 1 N–H and O–H groups in total. The second-order valence-corrected chi connectivity index (χ2v) is 3.74. The van der Waals surface area contributed by atoms with E-state index >= 15 is 0 Å². The van der Waals surface area contributed by atoms with Gasteiger partial charge in [0.25, 0.3) is 0 Å². The topological polar surface area (TPSA) is 15.3 Å². The van der Waals surface area contributed by atoms with Gasteiger partial charge in [-0.1, -0.05) is 0 Å². The maximum atomic E-state index is 3.47. The van der Waals surface area contributed by atoms with Crippen LogP contribution in [-0.2, 0) is 0 Å². The Morgan fingerprint density at radius 2 is 1.91 bits per heavy atom. The van der Waals surface area contributed by atoms with Crippen molar-refractivity contribution in [3.05, 3.63) is 0 Å². The van der Waals surface area contributed by atoms with E-state index in [9.17, 15) is 0 Å². The number of hydrogen-bond acceptors (Lipinski definition) is 2. The van der Waals surface area contributed by atoms with E-state index in [4.69, 9.17) is 0 Å². The standard InChI is InChI=1S/C9H18N2/c1-2-7-11(6-1)9-4-3-5-10-8-9/h9-10H,1-8H2/t9-/m1/s1. The fourth-order valence-corrected chi connectivity index (χ4v) is 2.25. The van der Waals surface area contributed by atoms with Gasteiger partial charge < -0.3 is 5.32 Å². The van der Waals surface area contributed by atoms with Gasteiger partial charge in [-0.3, -0.25) is 4.90 Å². The van der Waals surface area contributed by atoms with Crippen molar-refractivity contribution in [1.82, 2.24) is 10.2 Å². The van der Waals surface area contributed by atoms with Crippen molar-refractivity contribution in [1.29, 1.82) is 0 Å². The zero-order chi connectivity index (χ0) is 7.52. The van der Waals surface area contributed by atoms with Crippen molar-refractivity contribution in [2.75, 3.05) is 26.2 Å². The molecule has 0 aromatic heterocycles. The van der Waals surface area contributed by atoms with Crippen LogP contribution in [0.3, 0.4) is 0 Å². The van der Waals surface area contributed by atoms with E-state index in [2.05, 4.69) is 10.2 Å². The minimum atomic E-state index is 0.867. The smallest absolute Gasteiger partial charge is 0.0221 e.